The van der Waals surface area contributed by atoms with Gasteiger partial charge in [0.15, 0.2) is 0 Å². The number of fused-ring (bicyclic) bond motifs is 1. The number of aromatic nitrogens is 4. The second kappa shape index (κ2) is 8.52. The first-order chi connectivity index (χ1) is 14.5. The molecule has 0 saturated heterocycles. The van der Waals surface area contributed by atoms with Gasteiger partial charge >= 0.3 is 0 Å². The highest BCUT2D eigenvalue weighted by Crippen LogP contribution is 2.35. The fourth-order valence-corrected chi connectivity index (χ4v) is 3.42. The van der Waals surface area contributed by atoms with Gasteiger partial charge in [-0.2, -0.15) is 4.80 Å². The maximum atomic E-state index is 12.4. The molecular weight excluding hydrogens is 382 g/mol. The molecule has 1 aliphatic rings. The van der Waals surface area contributed by atoms with E-state index in [2.05, 4.69) is 20.7 Å². The van der Waals surface area contributed by atoms with Gasteiger partial charge in [0.05, 0.1) is 6.61 Å². The van der Waals surface area contributed by atoms with E-state index >= 15 is 0 Å². The summed E-state index contributed by atoms with van der Waals surface area (Å²) in [5.41, 5.74) is 4.03. The summed E-state index contributed by atoms with van der Waals surface area (Å²) in [7, 11) is 0. The largest absolute Gasteiger partial charge is 0.494 e. The number of nitrogens with one attached hydrogen (secondary N) is 1. The molecule has 0 saturated carbocycles. The van der Waals surface area contributed by atoms with Crippen molar-refractivity contribution in [3.63, 3.8) is 0 Å². The quantitative estimate of drug-likeness (QED) is 0.648. The molecule has 4 rings (SSSR count). The van der Waals surface area contributed by atoms with Crippen molar-refractivity contribution in [2.75, 3.05) is 6.61 Å². The molecule has 1 atom stereocenters. The molecule has 1 aliphatic heterocycles. The topological polar surface area (TPSA) is 91.2 Å². The first-order valence-corrected chi connectivity index (χ1v) is 10.1. The van der Waals surface area contributed by atoms with Crippen molar-refractivity contribution in [2.45, 2.75) is 46.4 Å². The second-order valence-electron chi connectivity index (χ2n) is 7.42. The molecule has 0 bridgehead atoms. The number of benzene rings is 2. The maximum Gasteiger partial charge on any atom is 0.243 e. The van der Waals surface area contributed by atoms with Gasteiger partial charge in [0.2, 0.25) is 11.7 Å². The lowest BCUT2D eigenvalue weighted by Crippen LogP contribution is -2.28. The summed E-state index contributed by atoms with van der Waals surface area (Å²) < 4.78 is 11.6. The Morgan fingerprint density at radius 1 is 1.30 bits per heavy atom. The Labute approximate surface area is 175 Å². The molecule has 3 aromatic rings. The molecule has 0 radical (unpaired) electrons. The molecule has 0 aliphatic carbocycles. The second-order valence-corrected chi connectivity index (χ2v) is 7.42. The predicted molar refractivity (Wildman–Crippen MR) is 111 cm³/mol. The molecule has 8 heteroatoms. The van der Waals surface area contributed by atoms with Crippen LogP contribution in [0.3, 0.4) is 0 Å². The van der Waals surface area contributed by atoms with E-state index in [9.17, 15) is 4.79 Å². The van der Waals surface area contributed by atoms with Crippen molar-refractivity contribution in [3.05, 3.63) is 53.1 Å². The number of carbonyl (C=O) groups is 1. The summed E-state index contributed by atoms with van der Waals surface area (Å²) in [6, 6.07) is 11.8. The first kappa shape index (κ1) is 19.9. The molecule has 1 amide bonds. The van der Waals surface area contributed by atoms with Crippen LogP contribution in [0.15, 0.2) is 36.4 Å². The van der Waals surface area contributed by atoms with Crippen LogP contribution in [0.4, 0.5) is 0 Å². The monoisotopic (exact) mass is 407 g/mol. The van der Waals surface area contributed by atoms with Gasteiger partial charge in [0.25, 0.3) is 0 Å². The van der Waals surface area contributed by atoms with Crippen molar-refractivity contribution < 1.29 is 14.3 Å². The third kappa shape index (κ3) is 4.42. The highest BCUT2D eigenvalue weighted by molar-refractivity contribution is 5.75. The molecule has 30 heavy (non-hydrogen) atoms. The van der Waals surface area contributed by atoms with Gasteiger partial charge in [-0.1, -0.05) is 29.8 Å². The third-order valence-electron chi connectivity index (χ3n) is 4.90. The number of aryl methyl sites for hydroxylation is 1. The van der Waals surface area contributed by atoms with E-state index < -0.39 is 0 Å². The lowest BCUT2D eigenvalue weighted by molar-refractivity contribution is -0.122. The summed E-state index contributed by atoms with van der Waals surface area (Å²) in [4.78, 5) is 13.7. The zero-order chi connectivity index (χ0) is 21.1. The van der Waals surface area contributed by atoms with Crippen LogP contribution < -0.4 is 14.8 Å². The fraction of sp³-hybridized carbons (Fsp3) is 0.364. The lowest BCUT2D eigenvalue weighted by atomic mass is 10.1. The van der Waals surface area contributed by atoms with Crippen molar-refractivity contribution >= 4 is 5.91 Å². The van der Waals surface area contributed by atoms with Crippen LogP contribution >= 0.6 is 0 Å². The van der Waals surface area contributed by atoms with Gasteiger partial charge in [-0.15, -0.1) is 10.2 Å². The Hall–Kier alpha value is -3.42. The van der Waals surface area contributed by atoms with Gasteiger partial charge in [0.1, 0.15) is 24.1 Å². The number of amides is 1. The molecular formula is C22H25N5O3. The molecule has 0 spiro atoms. The summed E-state index contributed by atoms with van der Waals surface area (Å²) in [6.07, 6.45) is 1.02. The summed E-state index contributed by atoms with van der Waals surface area (Å²) in [5, 5.41) is 15.2. The minimum Gasteiger partial charge on any atom is -0.494 e. The Balaban J connectivity index is 1.39. The van der Waals surface area contributed by atoms with Crippen molar-refractivity contribution in [1.29, 1.82) is 0 Å². The number of hydrogen-bond acceptors (Lipinski definition) is 6. The summed E-state index contributed by atoms with van der Waals surface area (Å²) in [6.45, 7) is 6.87. The van der Waals surface area contributed by atoms with Crippen LogP contribution in [0.2, 0.25) is 0 Å². The number of nitrogens with zero attached hydrogens (tertiary/aromatic N) is 4. The van der Waals surface area contributed by atoms with Crippen molar-refractivity contribution in [2.24, 2.45) is 0 Å². The minimum atomic E-state index is -0.208. The third-order valence-corrected chi connectivity index (χ3v) is 4.90. The van der Waals surface area contributed by atoms with Crippen LogP contribution in [0, 0.1) is 6.92 Å². The van der Waals surface area contributed by atoms with Crippen LogP contribution in [0.1, 0.15) is 30.5 Å². The average Bonchev–Trinajstić information content (AvgIpc) is 3.32. The standard InChI is InChI=1S/C22H25N5O3/c1-4-29-19-10-17-9-15(3)30-20(17)11-18(19)12-23-21(28)13-27-25-22(24-26-27)16-7-5-14(2)6-8-16/h5-8,10-11,15H,4,9,12-13H2,1-3H3,(H,23,28)/t15-/m1/s1. The molecule has 0 fully saturated rings. The number of rotatable bonds is 7. The Kier molecular flexibility index (Phi) is 5.65. The summed E-state index contributed by atoms with van der Waals surface area (Å²) >= 11 is 0. The fourth-order valence-electron chi connectivity index (χ4n) is 3.42. The molecule has 2 heterocycles. The SMILES string of the molecule is CCOc1cc2c(cc1CNC(=O)Cn1nnc(-c3ccc(C)cc3)n1)O[C@H](C)C2. The average molecular weight is 407 g/mol. The molecule has 156 valence electrons. The molecule has 0 unspecified atom stereocenters. The zero-order valence-corrected chi connectivity index (χ0v) is 17.4. The van der Waals surface area contributed by atoms with E-state index in [0.29, 0.717) is 19.0 Å². The molecule has 2 aromatic carbocycles. The smallest absolute Gasteiger partial charge is 0.243 e. The number of tetrazole rings is 1. The maximum absolute atomic E-state index is 12.4. The molecule has 8 nitrogen and oxygen atoms in total. The number of carbonyl (C=O) groups excluding carboxylic acids is 1. The first-order valence-electron chi connectivity index (χ1n) is 10.1. The molecule has 1 N–H and O–H groups in total. The van der Waals surface area contributed by atoms with E-state index in [1.807, 2.05) is 57.2 Å². The van der Waals surface area contributed by atoms with Gasteiger partial charge in [-0.3, -0.25) is 4.79 Å². The van der Waals surface area contributed by atoms with E-state index in [-0.39, 0.29) is 18.6 Å². The van der Waals surface area contributed by atoms with Gasteiger partial charge in [0, 0.05) is 29.7 Å². The van der Waals surface area contributed by atoms with E-state index in [0.717, 1.165) is 40.2 Å². The van der Waals surface area contributed by atoms with Crippen LogP contribution in [-0.2, 0) is 24.3 Å². The van der Waals surface area contributed by atoms with E-state index in [4.69, 9.17) is 9.47 Å². The van der Waals surface area contributed by atoms with E-state index in [1.165, 1.54) is 4.80 Å². The Morgan fingerprint density at radius 3 is 2.87 bits per heavy atom. The van der Waals surface area contributed by atoms with Crippen LogP contribution in [-0.4, -0.2) is 38.8 Å². The van der Waals surface area contributed by atoms with Crippen molar-refractivity contribution in [1.82, 2.24) is 25.5 Å². The van der Waals surface area contributed by atoms with Gasteiger partial charge in [-0.25, -0.2) is 0 Å². The van der Waals surface area contributed by atoms with Gasteiger partial charge in [-0.05, 0) is 38.1 Å². The van der Waals surface area contributed by atoms with E-state index in [1.54, 1.807) is 0 Å². The summed E-state index contributed by atoms with van der Waals surface area (Å²) in [5.74, 6) is 1.91. The zero-order valence-electron chi connectivity index (χ0n) is 17.4. The molecule has 1 aromatic heterocycles. The Bertz CT molecular complexity index is 1050. The van der Waals surface area contributed by atoms with Crippen LogP contribution in [0.25, 0.3) is 11.4 Å². The van der Waals surface area contributed by atoms with Crippen molar-refractivity contribution in [3.8, 4) is 22.9 Å². The minimum absolute atomic E-state index is 0.0126. The van der Waals surface area contributed by atoms with Crippen LogP contribution in [0.5, 0.6) is 11.5 Å². The predicted octanol–water partition coefficient (Wildman–Crippen LogP) is 2.69. The van der Waals surface area contributed by atoms with Gasteiger partial charge < -0.3 is 14.8 Å². The Morgan fingerprint density at radius 2 is 2.10 bits per heavy atom. The highest BCUT2D eigenvalue weighted by Gasteiger charge is 2.22. The lowest BCUT2D eigenvalue weighted by Gasteiger charge is -2.13. The number of hydrogen-bond donors (Lipinski definition) is 1. The number of ether oxygens (including phenoxy) is 2. The highest BCUT2D eigenvalue weighted by atomic mass is 16.5. The normalized spacial score (nSPS) is 14.8.